The first kappa shape index (κ1) is 13.4. The molecule has 0 aliphatic rings. The van der Waals surface area contributed by atoms with Crippen LogP contribution in [0.2, 0.25) is 0 Å². The summed E-state index contributed by atoms with van der Waals surface area (Å²) >= 11 is 0. The highest BCUT2D eigenvalue weighted by Crippen LogP contribution is 2.21. The first-order valence-corrected chi connectivity index (χ1v) is 6.24. The van der Waals surface area contributed by atoms with Crippen molar-refractivity contribution in [2.24, 2.45) is 0 Å². The van der Waals surface area contributed by atoms with E-state index >= 15 is 0 Å². The first-order valence-electron chi connectivity index (χ1n) is 4.59. The van der Waals surface area contributed by atoms with Crippen molar-refractivity contribution in [1.82, 2.24) is 0 Å². The number of halogens is 1. The van der Waals surface area contributed by atoms with Gasteiger partial charge in [-0.1, -0.05) is 0 Å². The minimum absolute atomic E-state index is 0.134. The normalized spacial score (nSPS) is 15.2. The van der Waals surface area contributed by atoms with Crippen molar-refractivity contribution in [3.8, 4) is 5.75 Å². The van der Waals surface area contributed by atoms with Gasteiger partial charge in [-0.25, -0.2) is 17.6 Å². The third-order valence-corrected chi connectivity index (χ3v) is 4.02. The Morgan fingerprint density at radius 2 is 1.82 bits per heavy atom. The van der Waals surface area contributed by atoms with Crippen LogP contribution in [0.3, 0.4) is 0 Å². The molecule has 1 aromatic carbocycles. The average Bonchev–Trinajstić information content (AvgIpc) is 2.16. The van der Waals surface area contributed by atoms with Gasteiger partial charge < -0.3 is 10.2 Å². The van der Waals surface area contributed by atoms with E-state index in [0.29, 0.717) is 6.92 Å². The Balaban J connectivity index is 3.05. The third-order valence-electron chi connectivity index (χ3n) is 2.10. The lowest BCUT2D eigenvalue weighted by Crippen LogP contribution is -2.37. The number of hydrogen-bond acceptors (Lipinski definition) is 4. The summed E-state index contributed by atoms with van der Waals surface area (Å²) in [5.74, 6) is -3.12. The summed E-state index contributed by atoms with van der Waals surface area (Å²) in [7, 11) is -4.05. The number of hydrogen-bond donors (Lipinski definition) is 2. The van der Waals surface area contributed by atoms with Gasteiger partial charge in [0, 0.05) is 0 Å². The van der Waals surface area contributed by atoms with Gasteiger partial charge in [0.15, 0.2) is 9.84 Å². The van der Waals surface area contributed by atoms with E-state index in [0.717, 1.165) is 24.3 Å². The molecule has 1 atom stereocenters. The van der Waals surface area contributed by atoms with Gasteiger partial charge in [-0.3, -0.25) is 0 Å². The molecule has 0 amide bonds. The van der Waals surface area contributed by atoms with Crippen LogP contribution in [0.25, 0.3) is 0 Å². The zero-order valence-electron chi connectivity index (χ0n) is 8.92. The number of carboxylic acid groups (broad SMARTS) is 1. The fourth-order valence-corrected chi connectivity index (χ4v) is 2.71. The molecule has 94 valence electrons. The second-order valence-electron chi connectivity index (χ2n) is 3.76. The smallest absolute Gasteiger partial charge is 0.342 e. The van der Waals surface area contributed by atoms with Crippen LogP contribution in [0.15, 0.2) is 29.2 Å². The SMILES string of the molecule is CC(F)(CS(=O)(=O)c1ccc(O)cc1)C(=O)O. The molecular weight excluding hydrogens is 251 g/mol. The summed E-state index contributed by atoms with van der Waals surface area (Å²) in [4.78, 5) is 10.3. The second kappa shape index (κ2) is 4.33. The van der Waals surface area contributed by atoms with Crippen LogP contribution in [-0.2, 0) is 14.6 Å². The van der Waals surface area contributed by atoms with Crippen LogP contribution >= 0.6 is 0 Å². The number of rotatable bonds is 4. The molecule has 2 N–H and O–H groups in total. The zero-order valence-corrected chi connectivity index (χ0v) is 9.74. The maximum Gasteiger partial charge on any atom is 0.342 e. The highest BCUT2D eigenvalue weighted by molar-refractivity contribution is 7.91. The van der Waals surface area contributed by atoms with Crippen LogP contribution < -0.4 is 0 Å². The zero-order chi connectivity index (χ0) is 13.3. The molecule has 1 aromatic rings. The predicted molar refractivity (Wildman–Crippen MR) is 57.3 cm³/mol. The molecular formula is C10H11FO5S. The van der Waals surface area contributed by atoms with Crippen molar-refractivity contribution >= 4 is 15.8 Å². The average molecular weight is 262 g/mol. The van der Waals surface area contributed by atoms with Crippen molar-refractivity contribution in [3.63, 3.8) is 0 Å². The fourth-order valence-electron chi connectivity index (χ4n) is 1.16. The van der Waals surface area contributed by atoms with Crippen molar-refractivity contribution in [2.45, 2.75) is 17.5 Å². The standard InChI is InChI=1S/C10H11FO5S/c1-10(11,9(13)14)6-17(15,16)8-4-2-7(12)3-5-8/h2-5,12H,6H2,1H3,(H,13,14). The minimum Gasteiger partial charge on any atom is -0.508 e. The number of carboxylic acids is 1. The lowest BCUT2D eigenvalue weighted by atomic mass is 10.2. The molecule has 5 nitrogen and oxygen atoms in total. The first-order chi connectivity index (χ1) is 7.65. The Kier molecular flexibility index (Phi) is 3.42. The predicted octanol–water partition coefficient (Wildman–Crippen LogP) is 0.979. The molecule has 0 spiro atoms. The summed E-state index contributed by atoms with van der Waals surface area (Å²) in [5.41, 5.74) is -2.85. The second-order valence-corrected chi connectivity index (χ2v) is 5.75. The van der Waals surface area contributed by atoms with E-state index in [4.69, 9.17) is 10.2 Å². The maximum atomic E-state index is 13.4. The monoisotopic (exact) mass is 262 g/mol. The summed E-state index contributed by atoms with van der Waals surface area (Å²) in [5, 5.41) is 17.5. The number of aromatic hydroxyl groups is 1. The van der Waals surface area contributed by atoms with Gasteiger partial charge in [-0.15, -0.1) is 0 Å². The van der Waals surface area contributed by atoms with Crippen LogP contribution in [0.1, 0.15) is 6.92 Å². The van der Waals surface area contributed by atoms with Gasteiger partial charge in [0.2, 0.25) is 5.67 Å². The Morgan fingerprint density at radius 3 is 2.24 bits per heavy atom. The van der Waals surface area contributed by atoms with Gasteiger partial charge in [-0.2, -0.15) is 0 Å². The number of aliphatic carboxylic acids is 1. The van der Waals surface area contributed by atoms with Crippen molar-refractivity contribution in [3.05, 3.63) is 24.3 Å². The molecule has 0 saturated heterocycles. The van der Waals surface area contributed by atoms with Crippen LogP contribution in [0.4, 0.5) is 4.39 Å². The highest BCUT2D eigenvalue weighted by atomic mass is 32.2. The molecule has 0 radical (unpaired) electrons. The molecule has 0 fully saturated rings. The molecule has 0 aliphatic carbocycles. The molecule has 0 saturated carbocycles. The molecule has 0 bridgehead atoms. The van der Waals surface area contributed by atoms with Crippen molar-refractivity contribution in [1.29, 1.82) is 0 Å². The summed E-state index contributed by atoms with van der Waals surface area (Å²) in [6.45, 7) is 0.688. The van der Waals surface area contributed by atoms with Gasteiger partial charge in [0.1, 0.15) is 5.75 Å². The Hall–Kier alpha value is -1.63. The highest BCUT2D eigenvalue weighted by Gasteiger charge is 2.38. The molecule has 1 unspecified atom stereocenters. The van der Waals surface area contributed by atoms with E-state index in [2.05, 4.69) is 0 Å². The summed E-state index contributed by atoms with van der Waals surface area (Å²) in [6, 6.07) is 4.43. The summed E-state index contributed by atoms with van der Waals surface area (Å²) < 4.78 is 36.8. The lowest BCUT2D eigenvalue weighted by Gasteiger charge is -2.14. The van der Waals surface area contributed by atoms with Gasteiger partial charge in [0.05, 0.1) is 10.6 Å². The van der Waals surface area contributed by atoms with Gasteiger partial charge in [0.25, 0.3) is 0 Å². The Morgan fingerprint density at radius 1 is 1.35 bits per heavy atom. The van der Waals surface area contributed by atoms with Crippen LogP contribution in [0.5, 0.6) is 5.75 Å². The topological polar surface area (TPSA) is 91.7 Å². The van der Waals surface area contributed by atoms with Gasteiger partial charge in [-0.05, 0) is 31.2 Å². The van der Waals surface area contributed by atoms with E-state index < -0.39 is 27.2 Å². The van der Waals surface area contributed by atoms with Crippen molar-refractivity contribution in [2.75, 3.05) is 5.75 Å². The maximum absolute atomic E-state index is 13.4. The number of carbonyl (C=O) groups is 1. The number of phenolic OH excluding ortho intramolecular Hbond substituents is 1. The Bertz CT molecular complexity index is 518. The number of alkyl halides is 1. The van der Waals surface area contributed by atoms with E-state index in [9.17, 15) is 17.6 Å². The van der Waals surface area contributed by atoms with Crippen LogP contribution in [-0.4, -0.2) is 36.0 Å². The molecule has 7 heteroatoms. The van der Waals surface area contributed by atoms with E-state index in [1.54, 1.807) is 0 Å². The number of benzene rings is 1. The van der Waals surface area contributed by atoms with E-state index in [1.165, 1.54) is 0 Å². The molecule has 1 rings (SSSR count). The quantitative estimate of drug-likeness (QED) is 0.843. The van der Waals surface area contributed by atoms with Gasteiger partial charge >= 0.3 is 5.97 Å². The van der Waals surface area contributed by atoms with Crippen molar-refractivity contribution < 1.29 is 27.8 Å². The largest absolute Gasteiger partial charge is 0.508 e. The van der Waals surface area contributed by atoms with E-state index in [-0.39, 0.29) is 10.6 Å². The molecule has 0 aromatic heterocycles. The van der Waals surface area contributed by atoms with E-state index in [1.807, 2.05) is 0 Å². The third kappa shape index (κ3) is 3.16. The number of sulfone groups is 1. The summed E-state index contributed by atoms with van der Waals surface area (Å²) in [6.07, 6.45) is 0. The minimum atomic E-state index is -4.05. The fraction of sp³-hybridized carbons (Fsp3) is 0.300. The Labute approximate surface area is 97.4 Å². The molecule has 17 heavy (non-hydrogen) atoms. The molecule has 0 heterocycles. The lowest BCUT2D eigenvalue weighted by molar-refractivity contribution is -0.148. The molecule has 0 aliphatic heterocycles. The number of phenols is 1. The van der Waals surface area contributed by atoms with Crippen LogP contribution in [0, 0.1) is 0 Å².